The summed E-state index contributed by atoms with van der Waals surface area (Å²) in [6.45, 7) is 2.80. The van der Waals surface area contributed by atoms with Gasteiger partial charge in [0.2, 0.25) is 0 Å². The molecule has 0 atom stereocenters. The molecule has 5 heteroatoms. The lowest BCUT2D eigenvalue weighted by Crippen LogP contribution is -2.39. The number of carboxylic acids is 1. The van der Waals surface area contributed by atoms with Gasteiger partial charge in [-0.2, -0.15) is 0 Å². The van der Waals surface area contributed by atoms with Gasteiger partial charge in [0, 0.05) is 6.54 Å². The van der Waals surface area contributed by atoms with Gasteiger partial charge in [0.25, 0.3) is 5.91 Å². The summed E-state index contributed by atoms with van der Waals surface area (Å²) >= 11 is 0. The Bertz CT molecular complexity index is 527. The Kier molecular flexibility index (Phi) is 5.20. The molecular weight excluding hydrogens is 270 g/mol. The van der Waals surface area contributed by atoms with Crippen molar-refractivity contribution in [1.82, 2.24) is 0 Å². The van der Waals surface area contributed by atoms with E-state index in [1.807, 2.05) is 0 Å². The molecule has 1 aromatic rings. The van der Waals surface area contributed by atoms with Crippen molar-refractivity contribution in [3.05, 3.63) is 23.8 Å². The number of anilines is 1. The first-order chi connectivity index (χ1) is 10.1. The predicted octanol–water partition coefficient (Wildman–Crippen LogP) is 3.08. The molecule has 0 saturated heterocycles. The number of aromatic carboxylic acids is 1. The predicted molar refractivity (Wildman–Crippen MR) is 80.0 cm³/mol. The third-order valence-corrected chi connectivity index (χ3v) is 3.64. The van der Waals surface area contributed by atoms with E-state index in [0.29, 0.717) is 18.0 Å². The van der Waals surface area contributed by atoms with Gasteiger partial charge in [0.05, 0.1) is 11.3 Å². The number of carbonyl (C=O) groups is 2. The molecule has 0 bridgehead atoms. The lowest BCUT2D eigenvalue weighted by molar-refractivity contribution is -0.121. The SMILES string of the molecule is CCCCCCCN1C(=O)COc2cc(C(=O)O)ccc21. The van der Waals surface area contributed by atoms with E-state index in [0.717, 1.165) is 12.8 Å². The van der Waals surface area contributed by atoms with Crippen LogP contribution in [0.5, 0.6) is 5.75 Å². The van der Waals surface area contributed by atoms with Gasteiger partial charge in [0.1, 0.15) is 5.75 Å². The molecule has 5 nitrogen and oxygen atoms in total. The zero-order valence-corrected chi connectivity index (χ0v) is 12.3. The third-order valence-electron chi connectivity index (χ3n) is 3.64. The Morgan fingerprint density at radius 2 is 2.05 bits per heavy atom. The summed E-state index contributed by atoms with van der Waals surface area (Å²) in [5, 5.41) is 8.99. The van der Waals surface area contributed by atoms with Crippen molar-refractivity contribution in [1.29, 1.82) is 0 Å². The lowest BCUT2D eigenvalue weighted by Gasteiger charge is -2.29. The molecule has 0 saturated carbocycles. The number of carbonyl (C=O) groups excluding carboxylic acids is 1. The first-order valence-corrected chi connectivity index (χ1v) is 7.44. The fraction of sp³-hybridized carbons (Fsp3) is 0.500. The quantitative estimate of drug-likeness (QED) is 0.784. The molecule has 114 valence electrons. The molecule has 2 rings (SSSR count). The Morgan fingerprint density at radius 3 is 2.76 bits per heavy atom. The second-order valence-corrected chi connectivity index (χ2v) is 5.24. The minimum Gasteiger partial charge on any atom is -0.482 e. The van der Waals surface area contributed by atoms with Crippen LogP contribution in [0.25, 0.3) is 0 Å². The second kappa shape index (κ2) is 7.11. The van der Waals surface area contributed by atoms with Crippen LogP contribution in [0.3, 0.4) is 0 Å². The first kappa shape index (κ1) is 15.4. The minimum absolute atomic E-state index is 0.0228. The molecule has 1 heterocycles. The summed E-state index contributed by atoms with van der Waals surface area (Å²) in [5.41, 5.74) is 0.845. The van der Waals surface area contributed by atoms with Crippen molar-refractivity contribution in [3.63, 3.8) is 0 Å². The molecule has 1 N–H and O–H groups in total. The van der Waals surface area contributed by atoms with Crippen molar-refractivity contribution >= 4 is 17.6 Å². The van der Waals surface area contributed by atoms with Gasteiger partial charge in [0.15, 0.2) is 6.61 Å². The lowest BCUT2D eigenvalue weighted by atomic mass is 10.1. The van der Waals surface area contributed by atoms with Crippen molar-refractivity contribution in [2.75, 3.05) is 18.1 Å². The van der Waals surface area contributed by atoms with E-state index in [4.69, 9.17) is 9.84 Å². The smallest absolute Gasteiger partial charge is 0.335 e. The van der Waals surface area contributed by atoms with Gasteiger partial charge in [-0.15, -0.1) is 0 Å². The number of carboxylic acid groups (broad SMARTS) is 1. The van der Waals surface area contributed by atoms with Crippen LogP contribution in [-0.4, -0.2) is 30.1 Å². The van der Waals surface area contributed by atoms with Crippen LogP contribution in [-0.2, 0) is 4.79 Å². The van der Waals surface area contributed by atoms with Crippen molar-refractivity contribution in [2.24, 2.45) is 0 Å². The number of hydrogen-bond acceptors (Lipinski definition) is 3. The van der Waals surface area contributed by atoms with Crippen LogP contribution in [0.15, 0.2) is 18.2 Å². The maximum atomic E-state index is 12.0. The minimum atomic E-state index is -0.996. The topological polar surface area (TPSA) is 66.8 Å². The average molecular weight is 291 g/mol. The highest BCUT2D eigenvalue weighted by Gasteiger charge is 2.25. The van der Waals surface area contributed by atoms with Crippen molar-refractivity contribution in [2.45, 2.75) is 39.0 Å². The van der Waals surface area contributed by atoms with Gasteiger partial charge in [-0.05, 0) is 24.6 Å². The van der Waals surface area contributed by atoms with E-state index in [2.05, 4.69) is 6.92 Å². The number of amides is 1. The van der Waals surface area contributed by atoms with Crippen molar-refractivity contribution < 1.29 is 19.4 Å². The van der Waals surface area contributed by atoms with E-state index in [-0.39, 0.29) is 18.1 Å². The number of benzene rings is 1. The highest BCUT2D eigenvalue weighted by Crippen LogP contribution is 2.33. The number of hydrogen-bond donors (Lipinski definition) is 1. The zero-order valence-electron chi connectivity index (χ0n) is 12.3. The molecule has 1 amide bonds. The van der Waals surface area contributed by atoms with Crippen LogP contribution >= 0.6 is 0 Å². The molecule has 21 heavy (non-hydrogen) atoms. The van der Waals surface area contributed by atoms with Gasteiger partial charge in [-0.1, -0.05) is 32.6 Å². The molecular formula is C16H21NO4. The van der Waals surface area contributed by atoms with Crippen LogP contribution < -0.4 is 9.64 Å². The van der Waals surface area contributed by atoms with E-state index in [1.165, 1.54) is 31.4 Å². The van der Waals surface area contributed by atoms with E-state index < -0.39 is 5.97 Å². The third kappa shape index (κ3) is 3.74. The Hall–Kier alpha value is -2.04. The molecule has 0 unspecified atom stereocenters. The molecule has 1 aromatic carbocycles. The summed E-state index contributed by atoms with van der Waals surface area (Å²) in [6, 6.07) is 4.64. The maximum Gasteiger partial charge on any atom is 0.335 e. The fourth-order valence-electron chi connectivity index (χ4n) is 2.46. The van der Waals surface area contributed by atoms with Crippen molar-refractivity contribution in [3.8, 4) is 5.75 Å². The van der Waals surface area contributed by atoms with Gasteiger partial charge in [-0.3, -0.25) is 4.79 Å². The highest BCUT2D eigenvalue weighted by molar-refractivity contribution is 5.99. The van der Waals surface area contributed by atoms with Gasteiger partial charge < -0.3 is 14.7 Å². The Balaban J connectivity index is 2.05. The second-order valence-electron chi connectivity index (χ2n) is 5.24. The number of fused-ring (bicyclic) bond motifs is 1. The molecule has 0 spiro atoms. The normalized spacial score (nSPS) is 13.8. The summed E-state index contributed by atoms with van der Waals surface area (Å²) in [6.07, 6.45) is 5.64. The first-order valence-electron chi connectivity index (χ1n) is 7.44. The standard InChI is InChI=1S/C16H21NO4/c1-2-3-4-5-6-9-17-13-8-7-12(16(19)20)10-14(13)21-11-15(17)18/h7-8,10H,2-6,9,11H2,1H3,(H,19,20). The number of ether oxygens (including phenoxy) is 1. The number of nitrogens with zero attached hydrogens (tertiary/aromatic N) is 1. The van der Waals surface area contributed by atoms with E-state index >= 15 is 0 Å². The monoisotopic (exact) mass is 291 g/mol. The maximum absolute atomic E-state index is 12.0. The molecule has 0 aromatic heterocycles. The van der Waals surface area contributed by atoms with Crippen LogP contribution in [0.4, 0.5) is 5.69 Å². The number of unbranched alkanes of at least 4 members (excludes halogenated alkanes) is 4. The molecule has 1 aliphatic rings. The van der Waals surface area contributed by atoms with Gasteiger partial charge >= 0.3 is 5.97 Å². The van der Waals surface area contributed by atoms with Gasteiger partial charge in [-0.25, -0.2) is 4.79 Å². The summed E-state index contributed by atoms with van der Waals surface area (Å²) in [4.78, 5) is 24.7. The van der Waals surface area contributed by atoms with E-state index in [1.54, 1.807) is 11.0 Å². The molecule has 1 aliphatic heterocycles. The summed E-state index contributed by atoms with van der Waals surface area (Å²) < 4.78 is 5.35. The summed E-state index contributed by atoms with van der Waals surface area (Å²) in [7, 11) is 0. The molecule has 0 aliphatic carbocycles. The Morgan fingerprint density at radius 1 is 1.29 bits per heavy atom. The van der Waals surface area contributed by atoms with Crippen LogP contribution in [0.1, 0.15) is 49.4 Å². The van der Waals surface area contributed by atoms with E-state index in [9.17, 15) is 9.59 Å². The molecule has 0 fully saturated rings. The van der Waals surface area contributed by atoms with Crippen LogP contribution in [0, 0.1) is 0 Å². The largest absolute Gasteiger partial charge is 0.482 e. The average Bonchev–Trinajstić information content (AvgIpc) is 2.48. The highest BCUT2D eigenvalue weighted by atomic mass is 16.5. The zero-order chi connectivity index (χ0) is 15.2. The Labute approximate surface area is 124 Å². The fourth-order valence-corrected chi connectivity index (χ4v) is 2.46. The molecule has 0 radical (unpaired) electrons. The summed E-state index contributed by atoms with van der Waals surface area (Å²) in [5.74, 6) is -0.589. The van der Waals surface area contributed by atoms with Crippen LogP contribution in [0.2, 0.25) is 0 Å². The number of rotatable bonds is 7.